The Hall–Kier alpha value is -8.66. The molecule has 0 bridgehead atoms. The minimum absolute atomic E-state index is 0. The monoisotopic (exact) mass is 1950 g/mol. The van der Waals surface area contributed by atoms with E-state index in [-0.39, 0.29) is 56.2 Å². The van der Waals surface area contributed by atoms with Crippen molar-refractivity contribution in [2.24, 2.45) is 23.7 Å². The van der Waals surface area contributed by atoms with Crippen LogP contribution in [0.2, 0.25) is 41.0 Å². The lowest BCUT2D eigenvalue weighted by atomic mass is 9.90. The lowest BCUT2D eigenvalue weighted by Crippen LogP contribution is -2.42. The molecule has 2 saturated heterocycles. The van der Waals surface area contributed by atoms with Crippen molar-refractivity contribution in [3.8, 4) is 52.8 Å². The zero-order valence-corrected chi connectivity index (χ0v) is 79.8. The topological polar surface area (TPSA) is 334 Å². The van der Waals surface area contributed by atoms with Gasteiger partial charge in [-0.05, 0) is 274 Å². The first-order valence-electron chi connectivity index (χ1n) is 43.3. The highest BCUT2D eigenvalue weighted by Crippen LogP contribution is 2.37. The number of nitrogens with one attached hydrogen (secondary N) is 5. The average molecular weight is 1960 g/mol. The highest BCUT2D eigenvalue weighted by atomic mass is 35.5. The number of ether oxygens (including phenoxy) is 9. The quantitative estimate of drug-likeness (QED) is 0.0248. The molecule has 7 N–H and O–H groups in total. The molecule has 714 valence electrons. The normalized spacial score (nSPS) is 15.7. The van der Waals surface area contributed by atoms with E-state index in [0.29, 0.717) is 169 Å². The number of piperidine rings is 2. The van der Waals surface area contributed by atoms with Gasteiger partial charge in [0.05, 0.1) is 87.1 Å². The van der Waals surface area contributed by atoms with Gasteiger partial charge in [-0.2, -0.15) is 59.8 Å². The number of rotatable bonds is 28. The molecule has 0 atom stereocenters. The van der Waals surface area contributed by atoms with Gasteiger partial charge in [-0.1, -0.05) is 157 Å². The highest BCUT2D eigenvalue weighted by molar-refractivity contribution is 6.34. The van der Waals surface area contributed by atoms with Gasteiger partial charge in [0.15, 0.2) is 0 Å². The first-order chi connectivity index (χ1) is 61.5. The summed E-state index contributed by atoms with van der Waals surface area (Å²) >= 11 is 48.0. The summed E-state index contributed by atoms with van der Waals surface area (Å²) in [4.78, 5) is 58.0. The Bertz CT molecular complexity index is 4730. The molecule has 0 radical (unpaired) electrons. The lowest BCUT2D eigenvalue weighted by molar-refractivity contribution is 0.196. The molecule has 130 heavy (non-hydrogen) atoms. The molecule has 15 rings (SSSR count). The van der Waals surface area contributed by atoms with Crippen molar-refractivity contribution in [3.05, 3.63) is 132 Å². The van der Waals surface area contributed by atoms with Crippen LogP contribution in [-0.4, -0.2) is 198 Å². The predicted molar refractivity (Wildman–Crippen MR) is 529 cm³/mol. The van der Waals surface area contributed by atoms with E-state index in [1.807, 2.05) is 30.3 Å². The van der Waals surface area contributed by atoms with Crippen LogP contribution < -0.4 is 79.8 Å². The van der Waals surface area contributed by atoms with Crippen molar-refractivity contribution in [1.82, 2.24) is 74.9 Å². The molecule has 5 aromatic carbocycles. The Balaban J connectivity index is 0.000000224. The van der Waals surface area contributed by atoms with Crippen molar-refractivity contribution in [3.63, 3.8) is 0 Å². The summed E-state index contributed by atoms with van der Waals surface area (Å²) < 4.78 is 49.0. The number of hydrogen-bond acceptors (Lipinski definition) is 30. The summed E-state index contributed by atoms with van der Waals surface area (Å²) in [5.74, 6) is 7.28. The van der Waals surface area contributed by atoms with E-state index in [9.17, 15) is 0 Å². The summed E-state index contributed by atoms with van der Waals surface area (Å²) in [6.07, 6.45) is 29.7. The van der Waals surface area contributed by atoms with Crippen molar-refractivity contribution >= 4 is 151 Å². The van der Waals surface area contributed by atoms with E-state index in [1.54, 1.807) is 96.2 Å². The number of hydrogen-bond donors (Lipinski definition) is 6. The maximum atomic E-state index is 6.30. The van der Waals surface area contributed by atoms with Gasteiger partial charge in [-0.15, -0.1) is 0 Å². The SMILES string of the molecule is C.C.C.CNC1CCN(C)CC1.COc1ccc(N)cc1Cl.COc1ccc(Nc2nc(Cl)nc(OCC3CCCCC3)n2)cc1Cl.COc1ccc(Nc2nc(Nc3ccc(OC)c(Cl)c3)nc(OCC3CCCCC3)n2)cc1Cl.COc1ccc(Nc2nc(OCC3CCCCC3)nc(N(C)C3CCN(C)CC3)n2)cc1Cl.Clc1nc(Cl)nc(OCC2CCCCC2)n1. The number of likely N-dealkylation sites (tertiary alicyclic amines) is 2. The molecule has 0 spiro atoms. The van der Waals surface area contributed by atoms with E-state index in [4.69, 9.17) is 146 Å². The first kappa shape index (κ1) is 108. The van der Waals surface area contributed by atoms with Crippen molar-refractivity contribution in [2.75, 3.05) is 148 Å². The number of halogens is 8. The molecule has 4 aliphatic carbocycles. The minimum Gasteiger partial charge on any atom is -0.495 e. The van der Waals surface area contributed by atoms with Crippen LogP contribution in [0.5, 0.6) is 52.8 Å². The van der Waals surface area contributed by atoms with E-state index >= 15 is 0 Å². The zero-order valence-electron chi connectivity index (χ0n) is 73.7. The van der Waals surface area contributed by atoms with Gasteiger partial charge < -0.3 is 89.6 Å². The maximum Gasteiger partial charge on any atom is 0.323 e. The van der Waals surface area contributed by atoms with Crippen molar-refractivity contribution in [1.29, 1.82) is 0 Å². The summed E-state index contributed by atoms with van der Waals surface area (Å²) in [5, 5.41) is 18.6. The maximum absolute atomic E-state index is 6.30. The van der Waals surface area contributed by atoms with Gasteiger partial charge in [0.25, 0.3) is 0 Å². The third-order valence-electron chi connectivity index (χ3n) is 22.5. The zero-order chi connectivity index (χ0) is 90.4. The summed E-state index contributed by atoms with van der Waals surface area (Å²) in [5.41, 5.74) is 8.98. The number of aromatic nitrogens is 12. The molecular formula is C92H131Cl8N21O9. The van der Waals surface area contributed by atoms with Crippen molar-refractivity contribution in [2.45, 2.75) is 188 Å². The number of nitrogens with zero attached hydrogens (tertiary/aromatic N) is 15. The molecule has 4 aromatic heterocycles. The second-order valence-electron chi connectivity index (χ2n) is 31.9. The Kier molecular flexibility index (Phi) is 48.1. The fourth-order valence-electron chi connectivity index (χ4n) is 15.2. The molecule has 6 fully saturated rings. The van der Waals surface area contributed by atoms with Crippen LogP contribution in [0.4, 0.5) is 58.2 Å². The highest BCUT2D eigenvalue weighted by Gasteiger charge is 2.27. The minimum atomic E-state index is 0. The van der Waals surface area contributed by atoms with E-state index in [2.05, 4.69) is 124 Å². The van der Waals surface area contributed by atoms with Crippen LogP contribution in [-0.2, 0) is 0 Å². The van der Waals surface area contributed by atoms with Gasteiger partial charge in [0.1, 0.15) is 28.7 Å². The largest absolute Gasteiger partial charge is 0.495 e. The van der Waals surface area contributed by atoms with E-state index in [0.717, 1.165) is 50.5 Å². The van der Waals surface area contributed by atoms with Gasteiger partial charge in [-0.3, -0.25) is 0 Å². The van der Waals surface area contributed by atoms with Gasteiger partial charge in [0.2, 0.25) is 45.6 Å². The fourth-order valence-corrected chi connectivity index (χ4v) is 17.0. The number of benzene rings is 5. The standard InChI is InChI=1S/C24H27Cl2N5O3.C24H35ClN6O2.C17H20Cl2N4O2.C10H13Cl2N3O.C7H8ClNO.C7H16N2.3CH4/c1-32-20-10-8-16(12-18(20)25)27-22-29-23(28-17-9-11-21(33-2)19(26)13-17)31-24(30-22)34-14-15-6-4-3-5-7-15;1-30-13-11-19(12-14-30)31(2)23-27-22(26-18-9-10-21(32-3)20(25)15-18)28-24(29-23)33-16-17-7-5-4-6-8-17;1-24-14-8-7-12(9-13(14)18)20-16-21-15(19)22-17(23-16)25-10-11-5-3-2-4-6-11;11-8-13-9(12)15-10(14-8)16-6-7-4-2-1-3-5-7;1-10-7-3-2-5(9)4-6(7)8;1-8-7-3-5-9(2)6-4-7;;;/h8-13,15H,3-7,14H2,1-2H3,(H2,27,28,29,30,31);9-10,15,17,19H,4-8,11-14,16H2,1-3H3,(H,26,27,28,29);7-9,11H,2-6,10H2,1H3,(H,20,21,22,23);7H,1-6H2;2-4H,9H2,1H3;7-8H,3-6H2,1-2H3;3*1H4. The van der Waals surface area contributed by atoms with Gasteiger partial charge in [-0.25, -0.2) is 0 Å². The molecule has 38 heteroatoms. The van der Waals surface area contributed by atoms with Gasteiger partial charge in [0, 0.05) is 47.6 Å². The molecule has 30 nitrogen and oxygen atoms in total. The van der Waals surface area contributed by atoms with Crippen LogP contribution >= 0.6 is 92.8 Å². The first-order valence-corrected chi connectivity index (χ1v) is 46.3. The number of nitrogen functional groups attached to an aromatic ring is 1. The molecule has 6 heterocycles. The third-order valence-corrected chi connectivity index (χ3v) is 24.5. The second kappa shape index (κ2) is 57.7. The lowest BCUT2D eigenvalue weighted by Gasteiger charge is -2.35. The van der Waals surface area contributed by atoms with Crippen molar-refractivity contribution < 1.29 is 42.6 Å². The Morgan fingerprint density at radius 2 is 0.615 bits per heavy atom. The van der Waals surface area contributed by atoms with Crippen LogP contribution in [0.15, 0.2) is 91.0 Å². The molecule has 6 aliphatic rings. The predicted octanol–water partition coefficient (Wildman–Crippen LogP) is 23.6. The van der Waals surface area contributed by atoms with Crippen LogP contribution in [0, 0.1) is 23.7 Å². The second-order valence-corrected chi connectivity index (χ2v) is 35.0. The third kappa shape index (κ3) is 37.1. The molecule has 2 aliphatic heterocycles. The number of anilines is 10. The summed E-state index contributed by atoms with van der Waals surface area (Å²) in [6, 6.07) is 28.8. The Labute approximate surface area is 808 Å². The fraction of sp³-hybridized carbons (Fsp3) is 0.543. The molecular weight excluding hydrogens is 1830 g/mol. The summed E-state index contributed by atoms with van der Waals surface area (Å²) in [6.45, 7) is 7.11. The Morgan fingerprint density at radius 3 is 0.931 bits per heavy atom. The molecule has 4 saturated carbocycles. The number of methoxy groups -OCH3 is 5. The van der Waals surface area contributed by atoms with Crippen LogP contribution in [0.25, 0.3) is 0 Å². The van der Waals surface area contributed by atoms with Crippen LogP contribution in [0.1, 0.15) is 176 Å². The smallest absolute Gasteiger partial charge is 0.323 e. The molecule has 9 aromatic rings. The molecule has 0 amide bonds. The Morgan fingerprint density at radius 1 is 0.338 bits per heavy atom. The van der Waals surface area contributed by atoms with Crippen LogP contribution in [0.3, 0.4) is 0 Å². The van der Waals surface area contributed by atoms with E-state index in [1.165, 1.54) is 142 Å². The number of nitrogens with two attached hydrogens (primary N) is 1. The molecule has 0 unspecified atom stereocenters. The summed E-state index contributed by atoms with van der Waals surface area (Å²) in [7, 11) is 16.3. The van der Waals surface area contributed by atoms with E-state index < -0.39 is 0 Å². The average Bonchev–Trinajstić information content (AvgIpc) is 0.816. The van der Waals surface area contributed by atoms with Gasteiger partial charge >= 0.3 is 24.0 Å².